The van der Waals surface area contributed by atoms with Crippen molar-refractivity contribution in [2.24, 2.45) is 0 Å². The number of rotatable bonds is 71. The van der Waals surface area contributed by atoms with E-state index in [0.29, 0.717) is 19.4 Å². The molecule has 0 aliphatic heterocycles. The molecule has 0 heterocycles. The van der Waals surface area contributed by atoms with Gasteiger partial charge in [-0.15, -0.1) is 0 Å². The quantitative estimate of drug-likeness (QED) is 0.0320. The van der Waals surface area contributed by atoms with Gasteiger partial charge in [0.25, 0.3) is 0 Å². The second-order valence-electron chi connectivity index (χ2n) is 26.0. The topological polar surface area (TPSA) is 95.9 Å². The summed E-state index contributed by atoms with van der Waals surface area (Å²) < 4.78 is 5.51. The number of nitrogens with one attached hydrogen (secondary N) is 1. The molecule has 6 nitrogen and oxygen atoms in total. The van der Waals surface area contributed by atoms with E-state index >= 15 is 0 Å². The van der Waals surface area contributed by atoms with Crippen molar-refractivity contribution in [3.63, 3.8) is 0 Å². The Morgan fingerprint density at radius 2 is 0.602 bits per heavy atom. The molecule has 0 radical (unpaired) electrons. The summed E-state index contributed by atoms with van der Waals surface area (Å²) >= 11 is 0. The zero-order valence-corrected chi connectivity index (χ0v) is 56.2. The molecule has 3 N–H and O–H groups in total. The van der Waals surface area contributed by atoms with Crippen LogP contribution in [0.25, 0.3) is 0 Å². The summed E-state index contributed by atoms with van der Waals surface area (Å²) in [6, 6.07) is -0.625. The third-order valence-electron chi connectivity index (χ3n) is 17.7. The standard InChI is InChI=1S/C77H147NO5/c1-3-5-7-9-11-13-15-17-18-43-47-51-55-59-63-67-71-77(82)83-72-68-64-60-56-52-48-44-41-39-37-35-33-31-29-27-25-23-21-19-20-22-24-26-28-30-32-34-36-38-40-42-46-50-54-58-62-66-70-76(81)78-74(73-79)75(80)69-65-61-57-53-49-45-16-14-12-10-8-6-4-2/h19,21,25,27,65,69,74-75,79-80H,3-18,20,22-24,26,28-64,66-68,70-73H2,1-2H3,(H,78,81)/b21-19-,27-25-,69-65+. The second-order valence-corrected chi connectivity index (χ2v) is 26.0. The molecule has 0 fully saturated rings. The molecule has 0 spiro atoms. The molecule has 0 saturated heterocycles. The van der Waals surface area contributed by atoms with Crippen molar-refractivity contribution in [3.05, 3.63) is 36.5 Å². The average Bonchev–Trinajstić information content (AvgIpc) is 3.49. The zero-order valence-electron chi connectivity index (χ0n) is 56.2. The van der Waals surface area contributed by atoms with Gasteiger partial charge in [-0.3, -0.25) is 9.59 Å². The summed E-state index contributed by atoms with van der Waals surface area (Å²) in [6.07, 6.45) is 94.0. The summed E-state index contributed by atoms with van der Waals surface area (Å²) in [4.78, 5) is 24.6. The molecular weight excluding hydrogens is 1020 g/mol. The van der Waals surface area contributed by atoms with Gasteiger partial charge in [0.1, 0.15) is 0 Å². The Bertz CT molecular complexity index is 1340. The van der Waals surface area contributed by atoms with Crippen molar-refractivity contribution in [1.82, 2.24) is 5.32 Å². The predicted octanol–water partition coefficient (Wildman–Crippen LogP) is 24.7. The predicted molar refractivity (Wildman–Crippen MR) is 366 cm³/mol. The van der Waals surface area contributed by atoms with E-state index in [1.165, 1.54) is 347 Å². The van der Waals surface area contributed by atoms with E-state index in [9.17, 15) is 19.8 Å². The van der Waals surface area contributed by atoms with E-state index in [0.717, 1.165) is 44.9 Å². The molecule has 2 unspecified atom stereocenters. The van der Waals surface area contributed by atoms with Crippen LogP contribution in [0.1, 0.15) is 418 Å². The van der Waals surface area contributed by atoms with Crippen molar-refractivity contribution in [2.45, 2.75) is 431 Å². The van der Waals surface area contributed by atoms with Gasteiger partial charge < -0.3 is 20.3 Å². The van der Waals surface area contributed by atoms with Crippen LogP contribution >= 0.6 is 0 Å². The van der Waals surface area contributed by atoms with Crippen molar-refractivity contribution in [2.75, 3.05) is 13.2 Å². The summed E-state index contributed by atoms with van der Waals surface area (Å²) in [5.74, 6) is -0.0412. The van der Waals surface area contributed by atoms with Gasteiger partial charge in [0.2, 0.25) is 5.91 Å². The average molecular weight is 1170 g/mol. The summed E-state index contributed by atoms with van der Waals surface area (Å²) in [5, 5.41) is 23.1. The lowest BCUT2D eigenvalue weighted by Crippen LogP contribution is -2.45. The van der Waals surface area contributed by atoms with Crippen LogP contribution in [0, 0.1) is 0 Å². The Hall–Kier alpha value is -1.92. The smallest absolute Gasteiger partial charge is 0.305 e. The van der Waals surface area contributed by atoms with Crippen molar-refractivity contribution >= 4 is 11.9 Å². The molecule has 0 rings (SSSR count). The molecule has 2 atom stereocenters. The Kier molecular flexibility index (Phi) is 70.9. The molecule has 0 saturated carbocycles. The number of allylic oxidation sites excluding steroid dienone is 5. The highest BCUT2D eigenvalue weighted by Crippen LogP contribution is 2.19. The van der Waals surface area contributed by atoms with Crippen molar-refractivity contribution < 1.29 is 24.5 Å². The van der Waals surface area contributed by atoms with E-state index in [1.807, 2.05) is 6.08 Å². The fourth-order valence-electron chi connectivity index (χ4n) is 11.9. The van der Waals surface area contributed by atoms with E-state index in [2.05, 4.69) is 43.5 Å². The van der Waals surface area contributed by atoms with Crippen molar-refractivity contribution in [1.29, 1.82) is 0 Å². The highest BCUT2D eigenvalue weighted by Gasteiger charge is 2.18. The van der Waals surface area contributed by atoms with Gasteiger partial charge in [-0.1, -0.05) is 378 Å². The van der Waals surface area contributed by atoms with Crippen LogP contribution < -0.4 is 5.32 Å². The maximum Gasteiger partial charge on any atom is 0.305 e. The number of carbonyl (C=O) groups is 2. The lowest BCUT2D eigenvalue weighted by molar-refractivity contribution is -0.143. The maximum atomic E-state index is 12.5. The molecule has 0 bridgehead atoms. The number of amides is 1. The first-order valence-corrected chi connectivity index (χ1v) is 37.8. The number of ether oxygens (including phenoxy) is 1. The number of unbranched alkanes of at least 4 members (excludes halogenated alkanes) is 56. The third kappa shape index (κ3) is 69.1. The fraction of sp³-hybridized carbons (Fsp3) is 0.896. The van der Waals surface area contributed by atoms with Gasteiger partial charge in [-0.05, 0) is 64.2 Å². The van der Waals surface area contributed by atoms with Crippen LogP contribution in [0.5, 0.6) is 0 Å². The highest BCUT2D eigenvalue weighted by atomic mass is 16.5. The van der Waals surface area contributed by atoms with E-state index in [1.54, 1.807) is 6.08 Å². The number of aliphatic hydroxyl groups is 2. The zero-order chi connectivity index (χ0) is 59.9. The molecule has 0 aromatic heterocycles. The van der Waals surface area contributed by atoms with Gasteiger partial charge in [-0.2, -0.15) is 0 Å². The lowest BCUT2D eigenvalue weighted by atomic mass is 10.0. The first kappa shape index (κ1) is 81.1. The molecule has 6 heteroatoms. The molecule has 0 aromatic carbocycles. The van der Waals surface area contributed by atoms with E-state index in [4.69, 9.17) is 4.74 Å². The molecule has 1 amide bonds. The summed E-state index contributed by atoms with van der Waals surface area (Å²) in [6.45, 7) is 4.94. The Labute approximate surface area is 519 Å². The first-order chi connectivity index (χ1) is 41.0. The van der Waals surface area contributed by atoms with Gasteiger partial charge in [0.05, 0.1) is 25.4 Å². The maximum absolute atomic E-state index is 12.5. The molecule has 0 aliphatic rings. The largest absolute Gasteiger partial charge is 0.466 e. The SMILES string of the molecule is CCCCCCCCCCCCC/C=C/C(O)C(CO)NC(=O)CCCCCCCCCCCCCCCCCCC/C=C\C/C=C\CCCCCCCCCCCCCCCOC(=O)CCCCCCCCCCCCCCCCCC. The lowest BCUT2D eigenvalue weighted by Gasteiger charge is -2.20. The normalized spacial score (nSPS) is 12.7. The van der Waals surface area contributed by atoms with Gasteiger partial charge in [0.15, 0.2) is 0 Å². The number of aliphatic hydroxyl groups excluding tert-OH is 2. The van der Waals surface area contributed by atoms with Crippen LogP contribution in [0.15, 0.2) is 36.5 Å². The molecule has 83 heavy (non-hydrogen) atoms. The number of esters is 1. The fourth-order valence-corrected chi connectivity index (χ4v) is 11.9. The minimum Gasteiger partial charge on any atom is -0.466 e. The first-order valence-electron chi connectivity index (χ1n) is 37.8. The molecule has 0 aliphatic carbocycles. The Morgan fingerprint density at radius 1 is 0.337 bits per heavy atom. The Balaban J connectivity index is 3.35. The van der Waals surface area contributed by atoms with Gasteiger partial charge >= 0.3 is 5.97 Å². The third-order valence-corrected chi connectivity index (χ3v) is 17.7. The number of hydrogen-bond acceptors (Lipinski definition) is 5. The summed E-state index contributed by atoms with van der Waals surface area (Å²) in [5.41, 5.74) is 0. The minimum absolute atomic E-state index is 0.0226. The Morgan fingerprint density at radius 3 is 0.916 bits per heavy atom. The monoisotopic (exact) mass is 1170 g/mol. The van der Waals surface area contributed by atoms with Gasteiger partial charge in [0, 0.05) is 12.8 Å². The second kappa shape index (κ2) is 72.6. The molecule has 0 aromatic rings. The van der Waals surface area contributed by atoms with Crippen LogP contribution in [0.3, 0.4) is 0 Å². The van der Waals surface area contributed by atoms with Crippen LogP contribution in [0.4, 0.5) is 0 Å². The minimum atomic E-state index is -0.842. The van der Waals surface area contributed by atoms with E-state index in [-0.39, 0.29) is 18.5 Å². The van der Waals surface area contributed by atoms with Crippen LogP contribution in [-0.4, -0.2) is 47.4 Å². The highest BCUT2D eigenvalue weighted by molar-refractivity contribution is 5.76. The van der Waals surface area contributed by atoms with Gasteiger partial charge in [-0.25, -0.2) is 0 Å². The number of carbonyl (C=O) groups excluding carboxylic acids is 2. The van der Waals surface area contributed by atoms with Crippen LogP contribution in [-0.2, 0) is 14.3 Å². The molecule has 490 valence electrons. The van der Waals surface area contributed by atoms with Crippen molar-refractivity contribution in [3.8, 4) is 0 Å². The number of hydrogen-bond donors (Lipinski definition) is 3. The van der Waals surface area contributed by atoms with E-state index < -0.39 is 12.1 Å². The van der Waals surface area contributed by atoms with Crippen LogP contribution in [0.2, 0.25) is 0 Å². The summed E-state index contributed by atoms with van der Waals surface area (Å²) in [7, 11) is 0. The molecular formula is C77H147NO5.